The third-order valence-corrected chi connectivity index (χ3v) is 4.20. The summed E-state index contributed by atoms with van der Waals surface area (Å²) in [6.07, 6.45) is 1.53. The van der Waals surface area contributed by atoms with Crippen LogP contribution < -0.4 is 5.32 Å². The molecule has 5 nitrogen and oxygen atoms in total. The summed E-state index contributed by atoms with van der Waals surface area (Å²) in [5, 5.41) is 2.69. The van der Waals surface area contributed by atoms with E-state index in [0.717, 1.165) is 11.8 Å². The fourth-order valence-corrected chi connectivity index (χ4v) is 3.00. The lowest BCUT2D eigenvalue weighted by molar-refractivity contribution is -0.117. The molecule has 2 heterocycles. The zero-order valence-electron chi connectivity index (χ0n) is 12.3. The maximum absolute atomic E-state index is 13.2. The lowest BCUT2D eigenvalue weighted by atomic mass is 10.2. The molecule has 2 aromatic rings. The van der Waals surface area contributed by atoms with E-state index in [1.165, 1.54) is 25.1 Å². The molecule has 122 valence electrons. The summed E-state index contributed by atoms with van der Waals surface area (Å²) >= 11 is 6.81. The lowest BCUT2D eigenvalue weighted by Crippen LogP contribution is -2.23. The monoisotopic (exact) mass is 364 g/mol. The van der Waals surface area contributed by atoms with Crippen LogP contribution in [0, 0.1) is 5.82 Å². The van der Waals surface area contributed by atoms with Crippen LogP contribution in [-0.4, -0.2) is 17.0 Å². The van der Waals surface area contributed by atoms with Gasteiger partial charge in [0.15, 0.2) is 5.17 Å². The highest BCUT2D eigenvalue weighted by Crippen LogP contribution is 2.30. The van der Waals surface area contributed by atoms with Gasteiger partial charge < -0.3 is 9.73 Å². The van der Waals surface area contributed by atoms with Crippen LogP contribution in [0.25, 0.3) is 17.4 Å². The molecule has 0 bridgehead atoms. The summed E-state index contributed by atoms with van der Waals surface area (Å²) < 4.78 is 18.8. The molecule has 3 rings (SSSR count). The van der Waals surface area contributed by atoms with Crippen molar-refractivity contribution >= 4 is 46.4 Å². The quantitative estimate of drug-likeness (QED) is 0.822. The molecular weight excluding hydrogens is 355 g/mol. The molecule has 1 aliphatic rings. The second kappa shape index (κ2) is 6.62. The standard InChI is InChI=1S/C16H10ClFN2O3S/c1-8(21)19-16-20-15(22)14(24-16)7-10-3-5-13(23-10)9-2-4-12(18)11(17)6-9/h2-7H,1H3,(H,19,20,21,22)/b14-7+. The average Bonchev–Trinajstić information content (AvgIpc) is 3.09. The molecule has 0 spiro atoms. The highest BCUT2D eigenvalue weighted by molar-refractivity contribution is 8.18. The summed E-state index contributed by atoms with van der Waals surface area (Å²) in [6.45, 7) is 1.34. The summed E-state index contributed by atoms with van der Waals surface area (Å²) in [6, 6.07) is 7.62. The van der Waals surface area contributed by atoms with Crippen LogP contribution in [0.5, 0.6) is 0 Å². The van der Waals surface area contributed by atoms with E-state index in [0.29, 0.717) is 22.0 Å². The molecule has 8 heteroatoms. The number of nitrogens with one attached hydrogen (secondary N) is 1. The minimum Gasteiger partial charge on any atom is -0.457 e. The van der Waals surface area contributed by atoms with Crippen LogP contribution in [0.3, 0.4) is 0 Å². The van der Waals surface area contributed by atoms with Crippen LogP contribution in [0.1, 0.15) is 12.7 Å². The van der Waals surface area contributed by atoms with Crippen molar-refractivity contribution < 1.29 is 18.4 Å². The molecule has 1 aliphatic heterocycles. The van der Waals surface area contributed by atoms with Crippen LogP contribution in [0.15, 0.2) is 44.6 Å². The SMILES string of the molecule is CC(=O)NC1=NC(=O)/C(=C\c2ccc(-c3ccc(F)c(Cl)c3)o2)S1. The average molecular weight is 365 g/mol. The van der Waals surface area contributed by atoms with Crippen molar-refractivity contribution in [3.8, 4) is 11.3 Å². The molecule has 1 aromatic carbocycles. The number of amides is 2. The number of halogens is 2. The fourth-order valence-electron chi connectivity index (χ4n) is 1.98. The number of furan rings is 1. The number of amidine groups is 1. The van der Waals surface area contributed by atoms with E-state index < -0.39 is 11.7 Å². The van der Waals surface area contributed by atoms with Crippen LogP contribution in [0.4, 0.5) is 4.39 Å². The van der Waals surface area contributed by atoms with Crippen LogP contribution in [0.2, 0.25) is 5.02 Å². The normalized spacial score (nSPS) is 15.7. The van der Waals surface area contributed by atoms with Gasteiger partial charge in [-0.1, -0.05) is 11.6 Å². The largest absolute Gasteiger partial charge is 0.457 e. The number of thioether (sulfide) groups is 1. The Bertz CT molecular complexity index is 904. The molecule has 0 aliphatic carbocycles. The molecule has 24 heavy (non-hydrogen) atoms. The fraction of sp³-hybridized carbons (Fsp3) is 0.0625. The first kappa shape index (κ1) is 16.5. The first-order chi connectivity index (χ1) is 11.4. The Hall–Kier alpha value is -2.38. The topological polar surface area (TPSA) is 71.7 Å². The van der Waals surface area contributed by atoms with Gasteiger partial charge in [-0.2, -0.15) is 4.99 Å². The smallest absolute Gasteiger partial charge is 0.286 e. The van der Waals surface area contributed by atoms with Crippen molar-refractivity contribution in [3.05, 3.63) is 51.8 Å². The molecule has 1 aromatic heterocycles. The minimum atomic E-state index is -0.509. The van der Waals surface area contributed by atoms with Gasteiger partial charge in [0.25, 0.3) is 5.91 Å². The Morgan fingerprint density at radius 2 is 2.17 bits per heavy atom. The Morgan fingerprint density at radius 3 is 2.88 bits per heavy atom. The van der Waals surface area contributed by atoms with E-state index in [1.807, 2.05) is 0 Å². The van der Waals surface area contributed by atoms with E-state index in [9.17, 15) is 14.0 Å². The number of carbonyl (C=O) groups excluding carboxylic acids is 2. The van der Waals surface area contributed by atoms with Crippen LogP contribution >= 0.6 is 23.4 Å². The second-order valence-electron chi connectivity index (χ2n) is 4.84. The third kappa shape index (κ3) is 3.58. The minimum absolute atomic E-state index is 0.00122. The molecule has 0 saturated carbocycles. The zero-order chi connectivity index (χ0) is 17.3. The van der Waals surface area contributed by atoms with Gasteiger partial charge in [-0.3, -0.25) is 9.59 Å². The van der Waals surface area contributed by atoms with E-state index in [2.05, 4.69) is 10.3 Å². The number of nitrogens with zero attached hydrogens (tertiary/aromatic N) is 1. The molecule has 2 amide bonds. The Kier molecular flexibility index (Phi) is 4.55. The van der Waals surface area contributed by atoms with E-state index in [-0.39, 0.29) is 16.1 Å². The predicted octanol–water partition coefficient (Wildman–Crippen LogP) is 3.85. The number of hydrogen-bond donors (Lipinski definition) is 1. The molecule has 0 fully saturated rings. The molecule has 1 N–H and O–H groups in total. The molecule has 0 radical (unpaired) electrons. The van der Waals surface area contributed by atoms with Gasteiger partial charge in [0, 0.05) is 18.6 Å². The summed E-state index contributed by atoms with van der Waals surface area (Å²) in [4.78, 5) is 26.9. The first-order valence-electron chi connectivity index (χ1n) is 6.78. The van der Waals surface area contributed by atoms with Gasteiger partial charge in [0.1, 0.15) is 17.3 Å². The summed E-state index contributed by atoms with van der Waals surface area (Å²) in [5.41, 5.74) is 0.617. The van der Waals surface area contributed by atoms with Crippen molar-refractivity contribution in [2.45, 2.75) is 6.92 Å². The maximum atomic E-state index is 13.2. The second-order valence-corrected chi connectivity index (χ2v) is 6.28. The number of carbonyl (C=O) groups is 2. The van der Waals surface area contributed by atoms with Gasteiger partial charge in [-0.25, -0.2) is 4.39 Å². The van der Waals surface area contributed by atoms with Crippen molar-refractivity contribution in [2.75, 3.05) is 0 Å². The first-order valence-corrected chi connectivity index (χ1v) is 7.97. The van der Waals surface area contributed by atoms with Crippen molar-refractivity contribution in [1.29, 1.82) is 0 Å². The third-order valence-electron chi connectivity index (χ3n) is 3.01. The predicted molar refractivity (Wildman–Crippen MR) is 90.9 cm³/mol. The zero-order valence-corrected chi connectivity index (χ0v) is 13.9. The van der Waals surface area contributed by atoms with E-state index in [4.69, 9.17) is 16.0 Å². The van der Waals surface area contributed by atoms with Crippen molar-refractivity contribution in [1.82, 2.24) is 5.32 Å². The summed E-state index contributed by atoms with van der Waals surface area (Å²) in [7, 11) is 0. The maximum Gasteiger partial charge on any atom is 0.286 e. The van der Waals surface area contributed by atoms with Gasteiger partial charge in [0.2, 0.25) is 5.91 Å². The number of rotatable bonds is 2. The lowest BCUT2D eigenvalue weighted by Gasteiger charge is -1.99. The highest BCUT2D eigenvalue weighted by Gasteiger charge is 2.23. The van der Waals surface area contributed by atoms with E-state index in [1.54, 1.807) is 18.2 Å². The van der Waals surface area contributed by atoms with Gasteiger partial charge in [-0.05, 0) is 42.1 Å². The number of benzene rings is 1. The van der Waals surface area contributed by atoms with Crippen molar-refractivity contribution in [2.24, 2.45) is 4.99 Å². The number of hydrogen-bond acceptors (Lipinski definition) is 4. The molecule has 0 saturated heterocycles. The highest BCUT2D eigenvalue weighted by atomic mass is 35.5. The Morgan fingerprint density at radius 1 is 1.38 bits per heavy atom. The molecule has 0 unspecified atom stereocenters. The molecule has 0 atom stereocenters. The Labute approximate surface area is 145 Å². The van der Waals surface area contributed by atoms with Crippen molar-refractivity contribution in [3.63, 3.8) is 0 Å². The Balaban J connectivity index is 1.80. The number of aliphatic imine (C=N–C) groups is 1. The van der Waals surface area contributed by atoms with Gasteiger partial charge >= 0.3 is 0 Å². The summed E-state index contributed by atoms with van der Waals surface area (Å²) in [5.74, 6) is -0.344. The molecular formula is C16H10ClFN2O3S. The van der Waals surface area contributed by atoms with E-state index >= 15 is 0 Å². The van der Waals surface area contributed by atoms with Gasteiger partial charge in [0.05, 0.1) is 9.93 Å². The van der Waals surface area contributed by atoms with Gasteiger partial charge in [-0.15, -0.1) is 0 Å². The van der Waals surface area contributed by atoms with Crippen LogP contribution in [-0.2, 0) is 9.59 Å².